The molecule has 3 aromatic rings. The fourth-order valence-electron chi connectivity index (χ4n) is 3.36. The van der Waals surface area contributed by atoms with Crippen LogP contribution in [0.5, 0.6) is 5.88 Å². The van der Waals surface area contributed by atoms with Crippen molar-refractivity contribution in [3.05, 3.63) is 60.2 Å². The number of hydrogen-bond acceptors (Lipinski definition) is 5. The van der Waals surface area contributed by atoms with E-state index >= 15 is 0 Å². The molecule has 1 aliphatic rings. The van der Waals surface area contributed by atoms with Crippen LogP contribution in [0.25, 0.3) is 10.9 Å². The summed E-state index contributed by atoms with van der Waals surface area (Å²) in [5.74, 6) is 0.0901. The van der Waals surface area contributed by atoms with Crippen molar-refractivity contribution in [2.45, 2.75) is 13.2 Å². The molecule has 150 valence electrons. The maximum Gasteiger partial charge on any atom is 0.221 e. The number of fused-ring (bicyclic) bond motifs is 1. The van der Waals surface area contributed by atoms with E-state index in [4.69, 9.17) is 17.0 Å². The Kier molecular flexibility index (Phi) is 6.14. The van der Waals surface area contributed by atoms with Crippen LogP contribution in [0.4, 0.5) is 5.69 Å². The third-order valence-corrected chi connectivity index (χ3v) is 5.12. The van der Waals surface area contributed by atoms with E-state index in [1.807, 2.05) is 59.2 Å². The Bertz CT molecular complexity index is 1010. The van der Waals surface area contributed by atoms with Crippen molar-refractivity contribution in [3.63, 3.8) is 0 Å². The molecule has 0 amide bonds. The third kappa shape index (κ3) is 4.61. The Morgan fingerprint density at radius 3 is 2.59 bits per heavy atom. The number of aromatic nitrogens is 1. The van der Waals surface area contributed by atoms with Crippen molar-refractivity contribution >= 4 is 33.9 Å². The van der Waals surface area contributed by atoms with E-state index in [1.54, 1.807) is 0 Å². The highest BCUT2D eigenvalue weighted by Gasteiger charge is 2.19. The summed E-state index contributed by atoms with van der Waals surface area (Å²) in [4.78, 5) is 2.24. The van der Waals surface area contributed by atoms with E-state index in [0.29, 0.717) is 32.1 Å². The summed E-state index contributed by atoms with van der Waals surface area (Å²) < 4.78 is 7.27. The molecule has 29 heavy (non-hydrogen) atoms. The van der Waals surface area contributed by atoms with Crippen LogP contribution in [0.1, 0.15) is 5.56 Å². The first-order valence-corrected chi connectivity index (χ1v) is 9.97. The molecule has 0 atom stereocenters. The van der Waals surface area contributed by atoms with Crippen LogP contribution in [0, 0.1) is 0 Å². The SMILES string of the molecule is Oc1c(N=NC(=S)NCc2ccccc2)c2ccccc2n1CN1CCOCC1. The number of ether oxygens (including phenoxy) is 1. The van der Waals surface area contributed by atoms with Gasteiger partial charge in [-0.05, 0) is 23.8 Å². The number of hydrogen-bond donors (Lipinski definition) is 2. The summed E-state index contributed by atoms with van der Waals surface area (Å²) in [7, 11) is 0. The molecule has 1 aliphatic heterocycles. The Hall–Kier alpha value is -2.81. The average Bonchev–Trinajstić information content (AvgIpc) is 3.03. The fraction of sp³-hybridized carbons (Fsp3) is 0.286. The van der Waals surface area contributed by atoms with Crippen LogP contribution in [-0.4, -0.2) is 46.0 Å². The highest BCUT2D eigenvalue weighted by atomic mass is 32.1. The second-order valence-electron chi connectivity index (χ2n) is 6.83. The predicted octanol–water partition coefficient (Wildman–Crippen LogP) is 3.80. The Morgan fingerprint density at radius 1 is 1.07 bits per heavy atom. The molecule has 4 rings (SSSR count). The molecule has 0 saturated carbocycles. The summed E-state index contributed by atoms with van der Waals surface area (Å²) in [5.41, 5.74) is 2.45. The van der Waals surface area contributed by atoms with Crippen molar-refractivity contribution < 1.29 is 9.84 Å². The van der Waals surface area contributed by atoms with Gasteiger partial charge in [-0.15, -0.1) is 10.2 Å². The zero-order valence-electron chi connectivity index (χ0n) is 16.0. The van der Waals surface area contributed by atoms with E-state index in [0.717, 1.165) is 29.6 Å². The first kappa shape index (κ1) is 19.5. The molecule has 1 fully saturated rings. The number of thiocarbonyl (C=S) groups is 1. The second kappa shape index (κ2) is 9.13. The lowest BCUT2D eigenvalue weighted by Crippen LogP contribution is -2.37. The molecule has 0 aliphatic carbocycles. The Morgan fingerprint density at radius 2 is 1.79 bits per heavy atom. The minimum atomic E-state index is 0.0901. The minimum Gasteiger partial charge on any atom is -0.493 e. The van der Waals surface area contributed by atoms with Gasteiger partial charge in [-0.25, -0.2) is 0 Å². The number of para-hydroxylation sites is 1. The van der Waals surface area contributed by atoms with Gasteiger partial charge in [0, 0.05) is 25.0 Å². The van der Waals surface area contributed by atoms with E-state index in [1.165, 1.54) is 0 Å². The van der Waals surface area contributed by atoms with Crippen molar-refractivity contribution in [1.82, 2.24) is 14.8 Å². The molecule has 0 radical (unpaired) electrons. The molecule has 0 spiro atoms. The van der Waals surface area contributed by atoms with Crippen LogP contribution in [0.2, 0.25) is 0 Å². The zero-order chi connectivity index (χ0) is 20.1. The largest absolute Gasteiger partial charge is 0.493 e. The first-order valence-electron chi connectivity index (χ1n) is 9.56. The molecule has 8 heteroatoms. The van der Waals surface area contributed by atoms with Gasteiger partial charge in [0.25, 0.3) is 0 Å². The Labute approximate surface area is 174 Å². The number of nitrogens with zero attached hydrogens (tertiary/aromatic N) is 4. The minimum absolute atomic E-state index is 0.0901. The number of benzene rings is 2. The van der Waals surface area contributed by atoms with Crippen LogP contribution in [-0.2, 0) is 18.0 Å². The van der Waals surface area contributed by atoms with Crippen molar-refractivity contribution in [2.75, 3.05) is 26.3 Å². The van der Waals surface area contributed by atoms with Gasteiger partial charge >= 0.3 is 0 Å². The summed E-state index contributed by atoms with van der Waals surface area (Å²) >= 11 is 5.27. The lowest BCUT2D eigenvalue weighted by molar-refractivity contribution is 0.0231. The number of rotatable bonds is 5. The third-order valence-electron chi connectivity index (χ3n) is 4.89. The van der Waals surface area contributed by atoms with Gasteiger partial charge in [0.15, 0.2) is 5.69 Å². The number of azo groups is 1. The molecular formula is C21H23N5O2S. The van der Waals surface area contributed by atoms with Gasteiger partial charge in [-0.1, -0.05) is 48.5 Å². The quantitative estimate of drug-likeness (QED) is 0.495. The molecule has 7 nitrogen and oxygen atoms in total. The Balaban J connectivity index is 1.52. The van der Waals surface area contributed by atoms with Crippen LogP contribution < -0.4 is 5.32 Å². The summed E-state index contributed by atoms with van der Waals surface area (Å²) in [5, 5.41) is 23.4. The maximum atomic E-state index is 10.9. The lowest BCUT2D eigenvalue weighted by Gasteiger charge is -2.27. The van der Waals surface area contributed by atoms with Crippen LogP contribution in [0.15, 0.2) is 64.8 Å². The normalized spacial score (nSPS) is 15.2. The molecule has 2 aromatic carbocycles. The van der Waals surface area contributed by atoms with E-state index in [9.17, 15) is 5.11 Å². The molecular weight excluding hydrogens is 386 g/mol. The molecule has 2 N–H and O–H groups in total. The summed E-state index contributed by atoms with van der Waals surface area (Å²) in [6, 6.07) is 17.7. The van der Waals surface area contributed by atoms with Gasteiger partial charge in [0.05, 0.1) is 25.4 Å². The second-order valence-corrected chi connectivity index (χ2v) is 7.22. The zero-order valence-corrected chi connectivity index (χ0v) is 16.8. The van der Waals surface area contributed by atoms with Crippen molar-refractivity contribution in [3.8, 4) is 5.88 Å². The first-order chi connectivity index (χ1) is 14.2. The van der Waals surface area contributed by atoms with Crippen LogP contribution in [0.3, 0.4) is 0 Å². The number of nitrogens with one attached hydrogen (secondary N) is 1. The van der Waals surface area contributed by atoms with Crippen LogP contribution >= 0.6 is 12.2 Å². The molecule has 0 bridgehead atoms. The van der Waals surface area contributed by atoms with Gasteiger partial charge in [-0.2, -0.15) is 0 Å². The topological polar surface area (TPSA) is 74.4 Å². The average molecular weight is 410 g/mol. The highest BCUT2D eigenvalue weighted by Crippen LogP contribution is 2.38. The highest BCUT2D eigenvalue weighted by molar-refractivity contribution is 7.80. The maximum absolute atomic E-state index is 10.9. The molecule has 2 heterocycles. The van der Waals surface area contributed by atoms with Gasteiger partial charge in [0.2, 0.25) is 11.0 Å². The monoisotopic (exact) mass is 409 g/mol. The van der Waals surface area contributed by atoms with Gasteiger partial charge < -0.3 is 15.2 Å². The van der Waals surface area contributed by atoms with Gasteiger partial charge in [0.1, 0.15) is 0 Å². The summed E-state index contributed by atoms with van der Waals surface area (Å²) in [6.45, 7) is 4.21. The molecule has 1 aromatic heterocycles. The van der Waals surface area contributed by atoms with Gasteiger partial charge in [-0.3, -0.25) is 9.47 Å². The van der Waals surface area contributed by atoms with E-state index in [2.05, 4.69) is 20.4 Å². The summed E-state index contributed by atoms with van der Waals surface area (Å²) in [6.07, 6.45) is 0. The number of morpholine rings is 1. The van der Waals surface area contributed by atoms with Crippen molar-refractivity contribution in [2.24, 2.45) is 10.2 Å². The van der Waals surface area contributed by atoms with E-state index in [-0.39, 0.29) is 11.0 Å². The lowest BCUT2D eigenvalue weighted by atomic mass is 10.2. The smallest absolute Gasteiger partial charge is 0.221 e. The number of aromatic hydroxyl groups is 1. The fourth-order valence-corrected chi connectivity index (χ4v) is 3.47. The standard InChI is InChI=1S/C21H23N5O2S/c27-20-19(23-24-21(29)22-14-16-6-2-1-3-7-16)17-8-4-5-9-18(17)26(20)15-25-10-12-28-13-11-25/h1-9,27H,10-15H2,(H,22,29). The van der Waals surface area contributed by atoms with Crippen molar-refractivity contribution in [1.29, 1.82) is 0 Å². The molecule has 1 saturated heterocycles. The van der Waals surface area contributed by atoms with E-state index < -0.39 is 0 Å². The predicted molar refractivity (Wildman–Crippen MR) is 116 cm³/mol. The molecule has 0 unspecified atom stereocenters.